The highest BCUT2D eigenvalue weighted by Crippen LogP contribution is 2.36. The molecule has 0 aliphatic carbocycles. The molecule has 0 fully saturated rings. The number of esters is 1. The van der Waals surface area contributed by atoms with Gasteiger partial charge in [0.1, 0.15) is 15.5 Å². The fraction of sp³-hybridized carbons (Fsp3) is 0.368. The van der Waals surface area contributed by atoms with Crippen molar-refractivity contribution in [2.45, 2.75) is 33.3 Å². The monoisotopic (exact) mass is 404 g/mol. The maximum Gasteiger partial charge on any atom is 0.348 e. The summed E-state index contributed by atoms with van der Waals surface area (Å²) in [6.45, 7) is 6.30. The van der Waals surface area contributed by atoms with Crippen LogP contribution in [0.5, 0.6) is 0 Å². The molecule has 0 bridgehead atoms. The molecule has 0 saturated heterocycles. The quantitative estimate of drug-likeness (QED) is 0.451. The van der Waals surface area contributed by atoms with Crippen molar-refractivity contribution in [1.29, 1.82) is 0 Å². The van der Waals surface area contributed by atoms with E-state index in [4.69, 9.17) is 16.3 Å². The minimum atomic E-state index is -0.341. The maximum atomic E-state index is 12.4. The predicted octanol–water partition coefficient (Wildman–Crippen LogP) is 4.29. The van der Waals surface area contributed by atoms with Gasteiger partial charge in [-0.05, 0) is 62.1 Å². The molecule has 0 aliphatic rings. The topological polar surface area (TPSA) is 68.2 Å². The van der Waals surface area contributed by atoms with E-state index in [1.54, 1.807) is 12.4 Å². The van der Waals surface area contributed by atoms with Crippen molar-refractivity contribution in [2.24, 2.45) is 0 Å². The third-order valence-electron chi connectivity index (χ3n) is 4.12. The second-order valence-corrected chi connectivity index (χ2v) is 7.87. The SMILES string of the molecule is Cc1c(C(=O)OC(C)C)sc2nc(Cl)nc(N(C)CCc3ccncc3)c12. The van der Waals surface area contributed by atoms with Gasteiger partial charge in [-0.3, -0.25) is 4.98 Å². The number of nitrogens with zero attached hydrogens (tertiary/aromatic N) is 4. The molecule has 3 rings (SSSR count). The Labute approximate surface area is 167 Å². The van der Waals surface area contributed by atoms with E-state index in [-0.39, 0.29) is 17.4 Å². The third-order valence-corrected chi connectivity index (χ3v) is 5.45. The van der Waals surface area contributed by atoms with Crippen LogP contribution < -0.4 is 4.90 Å². The van der Waals surface area contributed by atoms with E-state index in [0.29, 0.717) is 9.71 Å². The van der Waals surface area contributed by atoms with Crippen molar-refractivity contribution in [2.75, 3.05) is 18.5 Å². The number of carbonyl (C=O) groups is 1. The van der Waals surface area contributed by atoms with Crippen molar-refractivity contribution in [3.05, 3.63) is 45.8 Å². The Hall–Kier alpha value is -2.25. The molecule has 0 atom stereocenters. The van der Waals surface area contributed by atoms with Crippen LogP contribution in [0, 0.1) is 6.92 Å². The molecule has 0 unspecified atom stereocenters. The first-order chi connectivity index (χ1) is 12.9. The summed E-state index contributed by atoms with van der Waals surface area (Å²) in [4.78, 5) is 28.5. The van der Waals surface area contributed by atoms with Gasteiger partial charge in [0.05, 0.1) is 11.5 Å². The molecule has 6 nitrogen and oxygen atoms in total. The van der Waals surface area contributed by atoms with Gasteiger partial charge in [0, 0.05) is 26.0 Å². The number of fused-ring (bicyclic) bond motifs is 1. The number of anilines is 1. The van der Waals surface area contributed by atoms with Gasteiger partial charge in [-0.1, -0.05) is 0 Å². The Kier molecular flexibility index (Phi) is 5.92. The number of ether oxygens (including phenoxy) is 1. The molecular weight excluding hydrogens is 384 g/mol. The second kappa shape index (κ2) is 8.19. The van der Waals surface area contributed by atoms with Crippen LogP contribution in [0.3, 0.4) is 0 Å². The smallest absolute Gasteiger partial charge is 0.348 e. The van der Waals surface area contributed by atoms with Crippen LogP contribution in [0.15, 0.2) is 24.5 Å². The molecule has 0 N–H and O–H groups in total. The summed E-state index contributed by atoms with van der Waals surface area (Å²) in [5.74, 6) is 0.378. The molecular formula is C19H21ClN4O2S. The Morgan fingerprint density at radius 1 is 1.30 bits per heavy atom. The summed E-state index contributed by atoms with van der Waals surface area (Å²) in [7, 11) is 1.96. The minimum Gasteiger partial charge on any atom is -0.459 e. The summed E-state index contributed by atoms with van der Waals surface area (Å²) < 4.78 is 5.35. The number of carbonyl (C=O) groups excluding carboxylic acids is 1. The van der Waals surface area contributed by atoms with Crippen LogP contribution in [-0.4, -0.2) is 40.6 Å². The van der Waals surface area contributed by atoms with Crippen molar-refractivity contribution in [3.8, 4) is 0 Å². The van der Waals surface area contributed by atoms with Crippen molar-refractivity contribution < 1.29 is 9.53 Å². The molecule has 0 aliphatic heterocycles. The maximum absolute atomic E-state index is 12.4. The molecule has 0 spiro atoms. The number of thiophene rings is 1. The molecule has 0 radical (unpaired) electrons. The molecule has 0 saturated carbocycles. The van der Waals surface area contributed by atoms with Gasteiger partial charge in [-0.15, -0.1) is 11.3 Å². The van der Waals surface area contributed by atoms with E-state index in [1.165, 1.54) is 16.9 Å². The van der Waals surface area contributed by atoms with Gasteiger partial charge < -0.3 is 9.64 Å². The van der Waals surface area contributed by atoms with Crippen LogP contribution in [0.25, 0.3) is 10.2 Å². The average molecular weight is 405 g/mol. The van der Waals surface area contributed by atoms with E-state index < -0.39 is 0 Å². The first-order valence-electron chi connectivity index (χ1n) is 8.64. The van der Waals surface area contributed by atoms with E-state index in [2.05, 4.69) is 15.0 Å². The van der Waals surface area contributed by atoms with Crippen molar-refractivity contribution in [3.63, 3.8) is 0 Å². The summed E-state index contributed by atoms with van der Waals surface area (Å²) in [6.07, 6.45) is 4.22. The zero-order valence-corrected chi connectivity index (χ0v) is 17.3. The van der Waals surface area contributed by atoms with Crippen LogP contribution in [0.2, 0.25) is 5.28 Å². The van der Waals surface area contributed by atoms with E-state index in [1.807, 2.05) is 44.9 Å². The number of likely N-dealkylation sites (N-methyl/N-ethyl adjacent to an activating group) is 1. The molecule has 3 heterocycles. The molecule has 27 heavy (non-hydrogen) atoms. The number of aryl methyl sites for hydroxylation is 1. The zero-order chi connectivity index (χ0) is 19.6. The first kappa shape index (κ1) is 19.5. The van der Waals surface area contributed by atoms with Gasteiger partial charge in [0.25, 0.3) is 0 Å². The van der Waals surface area contributed by atoms with Crippen LogP contribution in [-0.2, 0) is 11.2 Å². The lowest BCUT2D eigenvalue weighted by Gasteiger charge is -2.19. The lowest BCUT2D eigenvalue weighted by Crippen LogP contribution is -2.22. The largest absolute Gasteiger partial charge is 0.459 e. The molecule has 142 valence electrons. The molecule has 0 aromatic carbocycles. The van der Waals surface area contributed by atoms with Gasteiger partial charge in [-0.2, -0.15) is 4.98 Å². The normalized spacial score (nSPS) is 11.2. The predicted molar refractivity (Wildman–Crippen MR) is 109 cm³/mol. The lowest BCUT2D eigenvalue weighted by atomic mass is 10.1. The number of hydrogen-bond donors (Lipinski definition) is 0. The first-order valence-corrected chi connectivity index (χ1v) is 9.84. The highest BCUT2D eigenvalue weighted by molar-refractivity contribution is 7.20. The van der Waals surface area contributed by atoms with Gasteiger partial charge >= 0.3 is 5.97 Å². The number of halogens is 1. The Bertz CT molecular complexity index is 959. The van der Waals surface area contributed by atoms with E-state index in [0.717, 1.165) is 29.7 Å². The van der Waals surface area contributed by atoms with Crippen molar-refractivity contribution in [1.82, 2.24) is 15.0 Å². The number of pyridine rings is 1. The Balaban J connectivity index is 1.94. The summed E-state index contributed by atoms with van der Waals surface area (Å²) in [6, 6.07) is 3.98. The lowest BCUT2D eigenvalue weighted by molar-refractivity contribution is 0.0383. The second-order valence-electron chi connectivity index (χ2n) is 6.53. The Morgan fingerprint density at radius 2 is 2.00 bits per heavy atom. The Morgan fingerprint density at radius 3 is 2.67 bits per heavy atom. The summed E-state index contributed by atoms with van der Waals surface area (Å²) in [5, 5.41) is 1.01. The molecule has 0 amide bonds. The van der Waals surface area contributed by atoms with Crippen LogP contribution in [0.4, 0.5) is 5.82 Å². The highest BCUT2D eigenvalue weighted by atomic mass is 35.5. The van der Waals surface area contributed by atoms with Crippen LogP contribution in [0.1, 0.15) is 34.6 Å². The summed E-state index contributed by atoms with van der Waals surface area (Å²) in [5.41, 5.74) is 2.01. The molecule has 3 aromatic heterocycles. The molecule has 8 heteroatoms. The zero-order valence-electron chi connectivity index (χ0n) is 15.7. The highest BCUT2D eigenvalue weighted by Gasteiger charge is 2.23. The van der Waals surface area contributed by atoms with Gasteiger partial charge in [-0.25, -0.2) is 9.78 Å². The third kappa shape index (κ3) is 4.36. The van der Waals surface area contributed by atoms with Crippen molar-refractivity contribution >= 4 is 44.9 Å². The average Bonchev–Trinajstić information content (AvgIpc) is 2.96. The van der Waals surface area contributed by atoms with E-state index >= 15 is 0 Å². The standard InChI is InChI=1S/C19H21ClN4O2S/c1-11(2)26-18(25)15-12(3)14-16(22-19(20)23-17(14)27-15)24(4)10-7-13-5-8-21-9-6-13/h5-6,8-9,11H,7,10H2,1-4H3. The number of hydrogen-bond acceptors (Lipinski definition) is 7. The minimum absolute atomic E-state index is 0.165. The van der Waals surface area contributed by atoms with E-state index in [9.17, 15) is 4.79 Å². The summed E-state index contributed by atoms with van der Waals surface area (Å²) >= 11 is 7.43. The fourth-order valence-electron chi connectivity index (χ4n) is 2.78. The van der Waals surface area contributed by atoms with Gasteiger partial charge in [0.15, 0.2) is 0 Å². The number of aromatic nitrogens is 3. The fourth-order valence-corrected chi connectivity index (χ4v) is 4.06. The van der Waals surface area contributed by atoms with Gasteiger partial charge in [0.2, 0.25) is 5.28 Å². The number of rotatable bonds is 6. The molecule has 3 aromatic rings. The van der Waals surface area contributed by atoms with Crippen LogP contribution >= 0.6 is 22.9 Å².